The molecule has 126 valence electrons. The van der Waals surface area contributed by atoms with Crippen LogP contribution in [0.1, 0.15) is 13.3 Å². The van der Waals surface area contributed by atoms with E-state index in [1.54, 1.807) is 23.6 Å². The maximum Gasteiger partial charge on any atom is 0.309 e. The summed E-state index contributed by atoms with van der Waals surface area (Å²) in [5.74, 6) is -0.424. The molecule has 2 aromatic rings. The first-order valence-corrected chi connectivity index (χ1v) is 8.95. The second-order valence-corrected chi connectivity index (χ2v) is 7.31. The van der Waals surface area contributed by atoms with Crippen LogP contribution in [0, 0.1) is 11.8 Å². The topological polar surface area (TPSA) is 68.3 Å². The molecule has 5 nitrogen and oxygen atoms in total. The minimum absolute atomic E-state index is 0.0566. The summed E-state index contributed by atoms with van der Waals surface area (Å²) < 4.78 is 4.98. The fraction of sp³-hybridized carbons (Fsp3) is 0.312. The van der Waals surface area contributed by atoms with E-state index in [4.69, 9.17) is 27.9 Å². The number of rotatable bonds is 5. The van der Waals surface area contributed by atoms with Crippen LogP contribution in [0.25, 0.3) is 11.3 Å². The second kappa shape index (κ2) is 7.09. The molecule has 1 N–H and O–H groups in total. The lowest BCUT2D eigenvalue weighted by Crippen LogP contribution is -2.21. The van der Waals surface area contributed by atoms with Gasteiger partial charge in [-0.05, 0) is 24.5 Å². The summed E-state index contributed by atoms with van der Waals surface area (Å²) in [7, 11) is 0. The number of carbonyl (C=O) groups excluding carboxylic acids is 2. The maximum atomic E-state index is 11.8. The number of esters is 1. The molecule has 1 aliphatic rings. The molecule has 1 fully saturated rings. The third-order valence-corrected chi connectivity index (χ3v) is 5.22. The summed E-state index contributed by atoms with van der Waals surface area (Å²) in [4.78, 5) is 27.7. The van der Waals surface area contributed by atoms with Gasteiger partial charge in [-0.25, -0.2) is 4.98 Å². The number of benzene rings is 1. The molecule has 3 rings (SSSR count). The Bertz CT molecular complexity index is 793. The summed E-state index contributed by atoms with van der Waals surface area (Å²) in [5.41, 5.74) is 1.48. The van der Waals surface area contributed by atoms with Crippen molar-refractivity contribution >= 4 is 51.5 Å². The molecular formula is C16H14Cl2N2O3S. The van der Waals surface area contributed by atoms with E-state index in [1.165, 1.54) is 11.3 Å². The lowest BCUT2D eigenvalue weighted by molar-refractivity contribution is -0.148. The largest absolute Gasteiger partial charge is 0.455 e. The summed E-state index contributed by atoms with van der Waals surface area (Å²) in [6, 6.07) is 5.20. The Balaban J connectivity index is 1.56. The zero-order valence-electron chi connectivity index (χ0n) is 12.7. The van der Waals surface area contributed by atoms with Crippen LogP contribution in [0.4, 0.5) is 5.13 Å². The highest BCUT2D eigenvalue weighted by molar-refractivity contribution is 7.14. The predicted molar refractivity (Wildman–Crippen MR) is 94.4 cm³/mol. The number of anilines is 1. The average molecular weight is 385 g/mol. The van der Waals surface area contributed by atoms with Crippen molar-refractivity contribution in [3.63, 3.8) is 0 Å². The number of hydrogen-bond donors (Lipinski definition) is 1. The molecule has 1 saturated carbocycles. The van der Waals surface area contributed by atoms with Crippen LogP contribution in [-0.2, 0) is 14.3 Å². The number of hydrogen-bond acceptors (Lipinski definition) is 5. The van der Waals surface area contributed by atoms with E-state index in [9.17, 15) is 9.59 Å². The van der Waals surface area contributed by atoms with Gasteiger partial charge in [-0.15, -0.1) is 11.3 Å². The van der Waals surface area contributed by atoms with E-state index in [-0.39, 0.29) is 18.5 Å². The summed E-state index contributed by atoms with van der Waals surface area (Å²) in [5, 5.41) is 5.75. The van der Waals surface area contributed by atoms with Crippen molar-refractivity contribution in [1.29, 1.82) is 0 Å². The third kappa shape index (κ3) is 4.06. The van der Waals surface area contributed by atoms with Gasteiger partial charge in [0.05, 0.1) is 21.7 Å². The van der Waals surface area contributed by atoms with Crippen molar-refractivity contribution in [2.45, 2.75) is 13.3 Å². The van der Waals surface area contributed by atoms with Gasteiger partial charge in [0.2, 0.25) is 0 Å². The molecular weight excluding hydrogens is 371 g/mol. The van der Waals surface area contributed by atoms with Gasteiger partial charge in [-0.3, -0.25) is 14.9 Å². The molecule has 0 bridgehead atoms. The molecule has 2 atom stereocenters. The fourth-order valence-electron chi connectivity index (χ4n) is 2.17. The Hall–Kier alpha value is -1.63. The smallest absolute Gasteiger partial charge is 0.309 e. The van der Waals surface area contributed by atoms with Crippen LogP contribution in [0.2, 0.25) is 10.0 Å². The maximum absolute atomic E-state index is 11.8. The van der Waals surface area contributed by atoms with Gasteiger partial charge >= 0.3 is 5.97 Å². The van der Waals surface area contributed by atoms with E-state index >= 15 is 0 Å². The van der Waals surface area contributed by atoms with Gasteiger partial charge in [0.25, 0.3) is 5.91 Å². The zero-order chi connectivity index (χ0) is 17.3. The highest BCUT2D eigenvalue weighted by Gasteiger charge is 2.40. The molecule has 1 aromatic carbocycles. The van der Waals surface area contributed by atoms with Crippen molar-refractivity contribution < 1.29 is 14.3 Å². The molecule has 0 radical (unpaired) electrons. The highest BCUT2D eigenvalue weighted by atomic mass is 35.5. The SMILES string of the molecule is C[C@@H]1C[C@H]1C(=O)OCC(=O)Nc1nc(-c2ccc(Cl)c(Cl)c2)cs1. The summed E-state index contributed by atoms with van der Waals surface area (Å²) in [6.07, 6.45) is 0.833. The van der Waals surface area contributed by atoms with Crippen LogP contribution >= 0.6 is 34.5 Å². The van der Waals surface area contributed by atoms with Crippen molar-refractivity contribution in [3.05, 3.63) is 33.6 Å². The van der Waals surface area contributed by atoms with Gasteiger partial charge in [0.1, 0.15) is 0 Å². The van der Waals surface area contributed by atoms with Crippen LogP contribution < -0.4 is 5.32 Å². The van der Waals surface area contributed by atoms with Gasteiger partial charge in [-0.2, -0.15) is 0 Å². The number of nitrogens with one attached hydrogen (secondary N) is 1. The van der Waals surface area contributed by atoms with Crippen LogP contribution in [0.3, 0.4) is 0 Å². The summed E-state index contributed by atoms with van der Waals surface area (Å²) >= 11 is 13.2. The molecule has 8 heteroatoms. The molecule has 0 aliphatic heterocycles. The van der Waals surface area contributed by atoms with E-state index in [0.29, 0.717) is 26.8 Å². The molecule has 0 spiro atoms. The first-order valence-electron chi connectivity index (χ1n) is 7.31. The monoisotopic (exact) mass is 384 g/mol. The van der Waals surface area contributed by atoms with Gasteiger partial charge in [-0.1, -0.05) is 36.2 Å². The first-order chi connectivity index (χ1) is 11.4. The average Bonchev–Trinajstić information content (AvgIpc) is 3.10. The minimum Gasteiger partial charge on any atom is -0.455 e. The lowest BCUT2D eigenvalue weighted by atomic mass is 10.2. The van der Waals surface area contributed by atoms with Crippen molar-refractivity contribution in [1.82, 2.24) is 4.98 Å². The second-order valence-electron chi connectivity index (χ2n) is 5.64. The molecule has 1 amide bonds. The molecule has 0 unspecified atom stereocenters. The highest BCUT2D eigenvalue weighted by Crippen LogP contribution is 2.38. The first kappa shape index (κ1) is 17.2. The number of carbonyl (C=O) groups is 2. The van der Waals surface area contributed by atoms with Crippen LogP contribution in [-0.4, -0.2) is 23.5 Å². The molecule has 1 aromatic heterocycles. The zero-order valence-corrected chi connectivity index (χ0v) is 15.0. The molecule has 1 heterocycles. The van der Waals surface area contributed by atoms with Gasteiger partial charge < -0.3 is 4.74 Å². The van der Waals surface area contributed by atoms with Gasteiger partial charge in [0.15, 0.2) is 11.7 Å². The quantitative estimate of drug-likeness (QED) is 0.782. The Morgan fingerprint density at radius 2 is 2.12 bits per heavy atom. The van der Waals surface area contributed by atoms with E-state index in [1.807, 2.05) is 6.92 Å². The minimum atomic E-state index is -0.410. The van der Waals surface area contributed by atoms with Crippen molar-refractivity contribution in [2.75, 3.05) is 11.9 Å². The normalized spacial score (nSPS) is 19.0. The number of amides is 1. The molecule has 1 aliphatic carbocycles. The predicted octanol–water partition coefficient (Wildman–Crippen LogP) is 4.25. The van der Waals surface area contributed by atoms with Crippen molar-refractivity contribution in [3.8, 4) is 11.3 Å². The third-order valence-electron chi connectivity index (χ3n) is 3.72. The number of halogens is 2. The number of aromatic nitrogens is 1. The van der Waals surface area contributed by atoms with Gasteiger partial charge in [0, 0.05) is 10.9 Å². The Morgan fingerprint density at radius 3 is 2.79 bits per heavy atom. The standard InChI is InChI=1S/C16H14Cl2N2O3S/c1-8-4-10(8)15(22)23-6-14(21)20-16-19-13(7-24-16)9-2-3-11(17)12(18)5-9/h2-3,5,7-8,10H,4,6H2,1H3,(H,19,20,21)/t8-,10-/m1/s1. The Kier molecular flexibility index (Phi) is 5.08. The molecule has 24 heavy (non-hydrogen) atoms. The number of nitrogens with zero attached hydrogens (tertiary/aromatic N) is 1. The van der Waals surface area contributed by atoms with E-state index in [2.05, 4.69) is 10.3 Å². The Morgan fingerprint density at radius 1 is 1.38 bits per heavy atom. The number of ether oxygens (including phenoxy) is 1. The summed E-state index contributed by atoms with van der Waals surface area (Å²) in [6.45, 7) is 1.68. The van der Waals surface area contributed by atoms with E-state index in [0.717, 1.165) is 12.0 Å². The van der Waals surface area contributed by atoms with Crippen molar-refractivity contribution in [2.24, 2.45) is 11.8 Å². The lowest BCUT2D eigenvalue weighted by Gasteiger charge is -2.04. The Labute approximate surface area is 152 Å². The van der Waals surface area contributed by atoms with Crippen LogP contribution in [0.5, 0.6) is 0 Å². The fourth-order valence-corrected chi connectivity index (χ4v) is 3.20. The van der Waals surface area contributed by atoms with Crippen LogP contribution in [0.15, 0.2) is 23.6 Å². The number of thiazole rings is 1. The van der Waals surface area contributed by atoms with E-state index < -0.39 is 5.91 Å². The molecule has 0 saturated heterocycles.